The van der Waals surface area contributed by atoms with E-state index in [4.69, 9.17) is 4.74 Å². The molecule has 4 rings (SSSR count). The first kappa shape index (κ1) is 17.0. The molecule has 0 bridgehead atoms. The van der Waals surface area contributed by atoms with Crippen LogP contribution in [0.5, 0.6) is 5.75 Å². The van der Waals surface area contributed by atoms with E-state index in [1.807, 2.05) is 12.1 Å². The summed E-state index contributed by atoms with van der Waals surface area (Å²) in [5.41, 5.74) is 2.29. The zero-order valence-electron chi connectivity index (χ0n) is 14.5. The number of carbonyl (C=O) groups excluding carboxylic acids is 1. The molecule has 0 spiro atoms. The fourth-order valence-corrected chi connectivity index (χ4v) is 3.09. The summed E-state index contributed by atoms with van der Waals surface area (Å²) in [5, 5.41) is 3.96. The van der Waals surface area contributed by atoms with Gasteiger partial charge >= 0.3 is 0 Å². The zero-order valence-corrected chi connectivity index (χ0v) is 14.5. The molecular weight excluding hydrogens is 347 g/mol. The van der Waals surface area contributed by atoms with Gasteiger partial charge in [-0.15, -0.1) is 0 Å². The van der Waals surface area contributed by atoms with E-state index in [1.54, 1.807) is 17.0 Å². The van der Waals surface area contributed by atoms with Gasteiger partial charge in [-0.2, -0.15) is 0 Å². The number of rotatable bonds is 4. The maximum atomic E-state index is 13.1. The Hall–Kier alpha value is -3.48. The summed E-state index contributed by atoms with van der Waals surface area (Å²) < 4.78 is 19.0. The molecule has 1 aromatic heterocycles. The van der Waals surface area contributed by atoms with Crippen molar-refractivity contribution < 1.29 is 13.9 Å². The van der Waals surface area contributed by atoms with Gasteiger partial charge in [0.25, 0.3) is 5.91 Å². The van der Waals surface area contributed by atoms with E-state index in [2.05, 4.69) is 21.9 Å². The highest BCUT2D eigenvalue weighted by Gasteiger charge is 2.25. The number of aromatic nitrogens is 2. The second-order valence-electron chi connectivity index (χ2n) is 6.05. The lowest BCUT2D eigenvalue weighted by Crippen LogP contribution is -2.36. The van der Waals surface area contributed by atoms with E-state index < -0.39 is 0 Å². The number of amides is 1. The molecule has 3 aromatic rings. The molecule has 2 aromatic carbocycles. The summed E-state index contributed by atoms with van der Waals surface area (Å²) in [5.74, 6) is 0.697. The number of halogens is 1. The molecule has 1 aliphatic rings. The van der Waals surface area contributed by atoms with Crippen molar-refractivity contribution in [2.45, 2.75) is 6.54 Å². The van der Waals surface area contributed by atoms with E-state index in [0.717, 1.165) is 5.56 Å². The Kier molecular flexibility index (Phi) is 4.42. The summed E-state index contributed by atoms with van der Waals surface area (Å²) in [6, 6.07) is 9.90. The van der Waals surface area contributed by atoms with Crippen LogP contribution in [0.3, 0.4) is 0 Å². The molecule has 0 unspecified atom stereocenters. The van der Waals surface area contributed by atoms with Gasteiger partial charge in [0.1, 0.15) is 24.6 Å². The molecule has 0 radical (unpaired) electrons. The molecule has 136 valence electrons. The number of fused-ring (bicyclic) bond motifs is 3. The Morgan fingerprint density at radius 2 is 2.07 bits per heavy atom. The quantitative estimate of drug-likeness (QED) is 0.720. The van der Waals surface area contributed by atoms with Crippen LogP contribution in [0.15, 0.2) is 55.4 Å². The number of carbonyl (C=O) groups is 1. The highest BCUT2D eigenvalue weighted by Crippen LogP contribution is 2.40. The minimum atomic E-state index is -0.277. The normalized spacial score (nSPS) is 13.0. The molecule has 27 heavy (non-hydrogen) atoms. The Bertz CT molecular complexity index is 1020. The number of benzene rings is 2. The highest BCUT2D eigenvalue weighted by molar-refractivity contribution is 6.07. The minimum Gasteiger partial charge on any atom is -0.489 e. The van der Waals surface area contributed by atoms with Gasteiger partial charge in [-0.3, -0.25) is 4.79 Å². The van der Waals surface area contributed by atoms with Crippen LogP contribution in [0.2, 0.25) is 0 Å². The van der Waals surface area contributed by atoms with E-state index in [-0.39, 0.29) is 11.7 Å². The average Bonchev–Trinajstić information content (AvgIpc) is 2.72. The highest BCUT2D eigenvalue weighted by atomic mass is 19.1. The summed E-state index contributed by atoms with van der Waals surface area (Å²) in [7, 11) is 0. The lowest BCUT2D eigenvalue weighted by Gasteiger charge is -2.29. The number of hydrogen-bond donors (Lipinski definition) is 1. The van der Waals surface area contributed by atoms with E-state index >= 15 is 0 Å². The number of hydrogen-bond acceptors (Lipinski definition) is 5. The zero-order chi connectivity index (χ0) is 18.8. The molecule has 0 fully saturated rings. The molecule has 1 N–H and O–H groups in total. The molecule has 0 aliphatic carbocycles. The Labute approximate surface area is 155 Å². The van der Waals surface area contributed by atoms with Gasteiger partial charge in [0.05, 0.1) is 23.1 Å². The van der Waals surface area contributed by atoms with Crippen molar-refractivity contribution in [3.63, 3.8) is 0 Å². The molecular formula is C20H17FN4O2. The second-order valence-corrected chi connectivity index (χ2v) is 6.05. The molecule has 6 nitrogen and oxygen atoms in total. The minimum absolute atomic E-state index is 0.184. The van der Waals surface area contributed by atoms with Gasteiger partial charge < -0.3 is 15.0 Å². The topological polar surface area (TPSA) is 67.4 Å². The van der Waals surface area contributed by atoms with Gasteiger partial charge in [0.15, 0.2) is 5.75 Å². The molecule has 0 atom stereocenters. The third-order valence-electron chi connectivity index (χ3n) is 4.40. The van der Waals surface area contributed by atoms with Crippen molar-refractivity contribution in [2.75, 3.05) is 23.4 Å². The van der Waals surface area contributed by atoms with Crippen LogP contribution in [-0.4, -0.2) is 29.0 Å². The van der Waals surface area contributed by atoms with Crippen molar-refractivity contribution in [1.82, 2.24) is 9.97 Å². The first-order chi connectivity index (χ1) is 13.2. The monoisotopic (exact) mass is 364 g/mol. The second kappa shape index (κ2) is 7.03. The number of nitrogens with zero attached hydrogens (tertiary/aromatic N) is 3. The van der Waals surface area contributed by atoms with Crippen LogP contribution >= 0.6 is 0 Å². The predicted molar refractivity (Wildman–Crippen MR) is 101 cm³/mol. The third-order valence-corrected chi connectivity index (χ3v) is 4.40. The summed E-state index contributed by atoms with van der Waals surface area (Å²) in [6.07, 6.45) is 2.76. The van der Waals surface area contributed by atoms with E-state index in [1.165, 1.54) is 24.5 Å². The van der Waals surface area contributed by atoms with Crippen molar-refractivity contribution >= 4 is 28.3 Å². The first-order valence-corrected chi connectivity index (χ1v) is 8.50. The average molecular weight is 364 g/mol. The van der Waals surface area contributed by atoms with Gasteiger partial charge in [0.2, 0.25) is 0 Å². The van der Waals surface area contributed by atoms with Crippen LogP contribution in [0, 0.1) is 5.82 Å². The molecule has 0 saturated heterocycles. The summed E-state index contributed by atoms with van der Waals surface area (Å²) >= 11 is 0. The van der Waals surface area contributed by atoms with Crippen LogP contribution in [0.4, 0.5) is 15.9 Å². The lowest BCUT2D eigenvalue weighted by atomic mass is 10.1. The third kappa shape index (κ3) is 3.19. The lowest BCUT2D eigenvalue weighted by molar-refractivity contribution is -0.114. The predicted octanol–water partition coefficient (Wildman–Crippen LogP) is 3.29. The molecule has 1 aliphatic heterocycles. The van der Waals surface area contributed by atoms with Crippen LogP contribution < -0.4 is 15.0 Å². The largest absolute Gasteiger partial charge is 0.489 e. The molecule has 1 amide bonds. The van der Waals surface area contributed by atoms with Crippen molar-refractivity contribution in [1.29, 1.82) is 0 Å². The maximum absolute atomic E-state index is 13.1. The number of nitrogens with one attached hydrogen (secondary N) is 1. The van der Waals surface area contributed by atoms with Gasteiger partial charge in [0, 0.05) is 6.54 Å². The molecule has 7 heteroatoms. The SMILES string of the molecule is C=CC(=O)N1CCOc2c1ccc1ncnc(NCc3ccc(F)cc3)c21. The van der Waals surface area contributed by atoms with E-state index in [9.17, 15) is 9.18 Å². The summed E-state index contributed by atoms with van der Waals surface area (Å²) in [6.45, 7) is 4.85. The van der Waals surface area contributed by atoms with Crippen LogP contribution in [0.1, 0.15) is 5.56 Å². The van der Waals surface area contributed by atoms with Crippen molar-refractivity contribution in [3.05, 3.63) is 66.8 Å². The van der Waals surface area contributed by atoms with Crippen LogP contribution in [0.25, 0.3) is 10.9 Å². The Morgan fingerprint density at radius 1 is 1.26 bits per heavy atom. The van der Waals surface area contributed by atoms with Crippen LogP contribution in [-0.2, 0) is 11.3 Å². The van der Waals surface area contributed by atoms with Gasteiger partial charge in [-0.05, 0) is 35.9 Å². The molecule has 0 saturated carbocycles. The van der Waals surface area contributed by atoms with Crippen molar-refractivity contribution in [3.8, 4) is 5.75 Å². The van der Waals surface area contributed by atoms with Gasteiger partial charge in [-0.1, -0.05) is 18.7 Å². The fourth-order valence-electron chi connectivity index (χ4n) is 3.09. The van der Waals surface area contributed by atoms with E-state index in [0.29, 0.717) is 47.9 Å². The Morgan fingerprint density at radius 3 is 2.85 bits per heavy atom. The molecule has 2 heterocycles. The fraction of sp³-hybridized carbons (Fsp3) is 0.150. The first-order valence-electron chi connectivity index (χ1n) is 8.50. The summed E-state index contributed by atoms with van der Waals surface area (Å²) in [4.78, 5) is 22.4. The Balaban J connectivity index is 1.74. The van der Waals surface area contributed by atoms with Crippen molar-refractivity contribution in [2.24, 2.45) is 0 Å². The number of anilines is 2. The standard InChI is InChI=1S/C20H17FN4O2/c1-2-17(26)25-9-10-27-19-16(25)8-7-15-18(19)20(24-12-23-15)22-11-13-3-5-14(21)6-4-13/h2-8,12H,1,9-11H2,(H,22,23,24). The smallest absolute Gasteiger partial charge is 0.250 e. The van der Waals surface area contributed by atoms with Gasteiger partial charge in [-0.25, -0.2) is 14.4 Å². The number of ether oxygens (including phenoxy) is 1. The maximum Gasteiger partial charge on any atom is 0.250 e.